The highest BCUT2D eigenvalue weighted by atomic mass is 19.3. The number of urea groups is 1. The molecule has 0 fully saturated rings. The molecule has 1 aromatic carbocycles. The second-order valence-corrected chi connectivity index (χ2v) is 5.92. The van der Waals surface area contributed by atoms with Crippen molar-refractivity contribution in [2.24, 2.45) is 0 Å². The van der Waals surface area contributed by atoms with Crippen molar-refractivity contribution in [1.29, 1.82) is 0 Å². The number of nitrogens with zero attached hydrogens (tertiary/aromatic N) is 1. The minimum absolute atomic E-state index is 0.0882. The van der Waals surface area contributed by atoms with Crippen molar-refractivity contribution in [3.8, 4) is 5.75 Å². The Labute approximate surface area is 145 Å². The topological polar surface area (TPSA) is 54.7 Å². The Hall–Kier alpha value is -2.57. The van der Waals surface area contributed by atoms with E-state index in [1.54, 1.807) is 19.2 Å². The zero-order valence-electron chi connectivity index (χ0n) is 14.7. The maximum atomic E-state index is 12.3. The summed E-state index contributed by atoms with van der Waals surface area (Å²) in [4.78, 5) is 13.8. The Morgan fingerprint density at radius 3 is 2.44 bits per heavy atom. The SMILES string of the molecule is Cc1cc(C(C)NC(=O)N(C)Cc2ccc(OC(F)F)cc2)c(C)o1. The summed E-state index contributed by atoms with van der Waals surface area (Å²) in [5.74, 6) is 1.67. The summed E-state index contributed by atoms with van der Waals surface area (Å²) in [6.07, 6.45) is 0. The summed E-state index contributed by atoms with van der Waals surface area (Å²) in [5.41, 5.74) is 1.75. The van der Waals surface area contributed by atoms with Gasteiger partial charge in [0.15, 0.2) is 0 Å². The molecular formula is C18H22F2N2O3. The maximum absolute atomic E-state index is 12.3. The molecule has 0 saturated heterocycles. The van der Waals surface area contributed by atoms with Crippen molar-refractivity contribution in [1.82, 2.24) is 10.2 Å². The van der Waals surface area contributed by atoms with Crippen LogP contribution in [0.5, 0.6) is 5.75 Å². The number of benzene rings is 1. The zero-order chi connectivity index (χ0) is 18.6. The van der Waals surface area contributed by atoms with Crippen LogP contribution in [-0.2, 0) is 6.54 Å². The van der Waals surface area contributed by atoms with Gasteiger partial charge in [0.1, 0.15) is 17.3 Å². The molecule has 25 heavy (non-hydrogen) atoms. The monoisotopic (exact) mass is 352 g/mol. The van der Waals surface area contributed by atoms with Crippen LogP contribution in [0.2, 0.25) is 0 Å². The number of furan rings is 1. The third-order valence-corrected chi connectivity index (χ3v) is 3.80. The molecule has 0 aliphatic heterocycles. The molecular weight excluding hydrogens is 330 g/mol. The van der Waals surface area contributed by atoms with Crippen molar-refractivity contribution in [2.75, 3.05) is 7.05 Å². The average molecular weight is 352 g/mol. The first-order valence-electron chi connectivity index (χ1n) is 7.88. The number of nitrogens with one attached hydrogen (secondary N) is 1. The number of hydrogen-bond donors (Lipinski definition) is 1. The largest absolute Gasteiger partial charge is 0.466 e. The highest BCUT2D eigenvalue weighted by Gasteiger charge is 2.17. The second-order valence-electron chi connectivity index (χ2n) is 5.92. The summed E-state index contributed by atoms with van der Waals surface area (Å²) in [7, 11) is 1.67. The minimum Gasteiger partial charge on any atom is -0.466 e. The number of ether oxygens (including phenoxy) is 1. The number of rotatable bonds is 6. The molecule has 1 aromatic heterocycles. The molecule has 0 aliphatic carbocycles. The molecule has 136 valence electrons. The Balaban J connectivity index is 1.92. The van der Waals surface area contributed by atoms with Crippen molar-refractivity contribution in [2.45, 2.75) is 40.0 Å². The van der Waals surface area contributed by atoms with E-state index in [0.717, 1.165) is 22.6 Å². The quantitative estimate of drug-likeness (QED) is 0.838. The van der Waals surface area contributed by atoms with Crippen LogP contribution in [0, 0.1) is 13.8 Å². The Morgan fingerprint density at radius 2 is 1.92 bits per heavy atom. The van der Waals surface area contributed by atoms with Crippen molar-refractivity contribution >= 4 is 6.03 Å². The van der Waals surface area contributed by atoms with Crippen LogP contribution in [0.1, 0.15) is 35.6 Å². The average Bonchev–Trinajstić information content (AvgIpc) is 2.87. The standard InChI is InChI=1S/C18H22F2N2O3/c1-11-9-16(13(3)24-11)12(2)21-18(23)22(4)10-14-5-7-15(8-6-14)25-17(19)20/h5-9,12,17H,10H2,1-4H3,(H,21,23). The van der Waals surface area contributed by atoms with Gasteiger partial charge in [-0.3, -0.25) is 0 Å². The van der Waals surface area contributed by atoms with Crippen LogP contribution >= 0.6 is 0 Å². The van der Waals surface area contributed by atoms with Crippen LogP contribution in [0.4, 0.5) is 13.6 Å². The third-order valence-electron chi connectivity index (χ3n) is 3.80. The van der Waals surface area contributed by atoms with Gasteiger partial charge in [-0.15, -0.1) is 0 Å². The lowest BCUT2D eigenvalue weighted by Crippen LogP contribution is -2.38. The number of amides is 2. The van der Waals surface area contributed by atoms with Crippen molar-refractivity contribution in [3.05, 3.63) is 53.0 Å². The van der Waals surface area contributed by atoms with Crippen LogP contribution in [0.25, 0.3) is 0 Å². The molecule has 0 bridgehead atoms. The van der Waals surface area contributed by atoms with E-state index in [1.807, 2.05) is 26.8 Å². The van der Waals surface area contributed by atoms with Gasteiger partial charge in [-0.2, -0.15) is 8.78 Å². The van der Waals surface area contributed by atoms with E-state index >= 15 is 0 Å². The summed E-state index contributed by atoms with van der Waals surface area (Å²) < 4.78 is 34.1. The molecule has 2 rings (SSSR count). The number of halogens is 2. The smallest absolute Gasteiger partial charge is 0.387 e. The lowest BCUT2D eigenvalue weighted by atomic mass is 10.1. The predicted octanol–water partition coefficient (Wildman–Crippen LogP) is 4.40. The lowest BCUT2D eigenvalue weighted by Gasteiger charge is -2.21. The van der Waals surface area contributed by atoms with Crippen LogP contribution in [-0.4, -0.2) is 24.6 Å². The first-order chi connectivity index (χ1) is 11.8. The molecule has 0 radical (unpaired) electrons. The van der Waals surface area contributed by atoms with Crippen LogP contribution < -0.4 is 10.1 Å². The van der Waals surface area contributed by atoms with Gasteiger partial charge < -0.3 is 19.4 Å². The van der Waals surface area contributed by atoms with E-state index in [0.29, 0.717) is 6.54 Å². The minimum atomic E-state index is -2.85. The lowest BCUT2D eigenvalue weighted by molar-refractivity contribution is -0.0498. The van der Waals surface area contributed by atoms with Gasteiger partial charge in [0.05, 0.1) is 6.04 Å². The molecule has 1 N–H and O–H groups in total. The fraction of sp³-hybridized carbons (Fsp3) is 0.389. The molecule has 0 saturated carbocycles. The number of hydrogen-bond acceptors (Lipinski definition) is 3. The molecule has 0 aliphatic rings. The predicted molar refractivity (Wildman–Crippen MR) is 89.7 cm³/mol. The van der Waals surface area contributed by atoms with E-state index in [2.05, 4.69) is 10.1 Å². The third kappa shape index (κ3) is 5.20. The van der Waals surface area contributed by atoms with Crippen LogP contribution in [0.15, 0.2) is 34.7 Å². The number of carbonyl (C=O) groups excluding carboxylic acids is 1. The van der Waals surface area contributed by atoms with E-state index in [1.165, 1.54) is 17.0 Å². The van der Waals surface area contributed by atoms with Gasteiger partial charge >= 0.3 is 12.6 Å². The van der Waals surface area contributed by atoms with Gasteiger partial charge in [-0.1, -0.05) is 12.1 Å². The Morgan fingerprint density at radius 1 is 1.28 bits per heavy atom. The molecule has 5 nitrogen and oxygen atoms in total. The van der Waals surface area contributed by atoms with E-state index in [9.17, 15) is 13.6 Å². The summed E-state index contributed by atoms with van der Waals surface area (Å²) in [6, 6.07) is 7.68. The van der Waals surface area contributed by atoms with E-state index < -0.39 is 6.61 Å². The van der Waals surface area contributed by atoms with Gasteiger partial charge in [0.2, 0.25) is 0 Å². The van der Waals surface area contributed by atoms with Gasteiger partial charge in [0.25, 0.3) is 0 Å². The maximum Gasteiger partial charge on any atom is 0.387 e. The van der Waals surface area contributed by atoms with Gasteiger partial charge in [-0.05, 0) is 44.5 Å². The molecule has 2 amide bonds. The van der Waals surface area contributed by atoms with Crippen molar-refractivity contribution < 1.29 is 22.7 Å². The fourth-order valence-electron chi connectivity index (χ4n) is 2.58. The Bertz CT molecular complexity index is 714. The molecule has 7 heteroatoms. The zero-order valence-corrected chi connectivity index (χ0v) is 14.7. The normalized spacial score (nSPS) is 12.1. The summed E-state index contributed by atoms with van der Waals surface area (Å²) in [6.45, 7) is 3.10. The van der Waals surface area contributed by atoms with E-state index in [-0.39, 0.29) is 17.8 Å². The summed E-state index contributed by atoms with van der Waals surface area (Å²) >= 11 is 0. The second kappa shape index (κ2) is 8.00. The highest BCUT2D eigenvalue weighted by Crippen LogP contribution is 2.21. The first kappa shape index (κ1) is 18.8. The van der Waals surface area contributed by atoms with Gasteiger partial charge in [-0.25, -0.2) is 4.79 Å². The number of aryl methyl sites for hydroxylation is 2. The van der Waals surface area contributed by atoms with Crippen LogP contribution in [0.3, 0.4) is 0 Å². The fourth-order valence-corrected chi connectivity index (χ4v) is 2.58. The first-order valence-corrected chi connectivity index (χ1v) is 7.88. The van der Waals surface area contributed by atoms with E-state index in [4.69, 9.17) is 4.42 Å². The van der Waals surface area contributed by atoms with Crippen molar-refractivity contribution in [3.63, 3.8) is 0 Å². The molecule has 1 heterocycles. The number of alkyl halides is 2. The van der Waals surface area contributed by atoms with Gasteiger partial charge in [0, 0.05) is 19.2 Å². The molecule has 1 atom stereocenters. The number of carbonyl (C=O) groups is 1. The molecule has 1 unspecified atom stereocenters. The Kier molecular flexibility index (Phi) is 6.01. The molecule has 2 aromatic rings. The highest BCUT2D eigenvalue weighted by molar-refractivity contribution is 5.74. The molecule has 0 spiro atoms. The summed E-state index contributed by atoms with van der Waals surface area (Å²) in [5, 5.41) is 2.91.